The smallest absolute Gasteiger partial charge is 0.311 e. The molecular formula is C27H28N2O5. The fourth-order valence-corrected chi connectivity index (χ4v) is 4.10. The van der Waals surface area contributed by atoms with E-state index < -0.39 is 17.9 Å². The summed E-state index contributed by atoms with van der Waals surface area (Å²) in [4.78, 5) is 27.1. The van der Waals surface area contributed by atoms with Crippen LogP contribution in [-0.2, 0) is 16.1 Å². The van der Waals surface area contributed by atoms with Gasteiger partial charge in [0.25, 0.3) is 0 Å². The molecule has 1 amide bonds. The van der Waals surface area contributed by atoms with E-state index in [1.807, 2.05) is 78.9 Å². The van der Waals surface area contributed by atoms with Crippen molar-refractivity contribution in [2.75, 3.05) is 25.2 Å². The molecule has 4 rings (SSSR count). The zero-order valence-electron chi connectivity index (χ0n) is 19.0. The van der Waals surface area contributed by atoms with Crippen LogP contribution in [0.25, 0.3) is 0 Å². The number of aliphatic carboxylic acids is 1. The van der Waals surface area contributed by atoms with Crippen molar-refractivity contribution in [3.63, 3.8) is 0 Å². The maximum Gasteiger partial charge on any atom is 0.311 e. The van der Waals surface area contributed by atoms with Crippen molar-refractivity contribution in [2.24, 2.45) is 0 Å². The van der Waals surface area contributed by atoms with E-state index in [0.29, 0.717) is 30.9 Å². The molecule has 7 heteroatoms. The second-order valence-corrected chi connectivity index (χ2v) is 8.15. The molecule has 0 saturated heterocycles. The average Bonchev–Trinajstić information content (AvgIpc) is 2.99. The number of benzene rings is 3. The number of ether oxygens (including phenoxy) is 2. The monoisotopic (exact) mass is 460 g/mol. The van der Waals surface area contributed by atoms with Crippen molar-refractivity contribution < 1.29 is 24.2 Å². The minimum atomic E-state index is -0.884. The number of hydrogen-bond donors (Lipinski definition) is 2. The molecule has 0 saturated carbocycles. The number of carbonyl (C=O) groups is 2. The van der Waals surface area contributed by atoms with Crippen molar-refractivity contribution in [2.45, 2.75) is 24.9 Å². The van der Waals surface area contributed by atoms with Gasteiger partial charge in [-0.15, -0.1) is 0 Å². The molecule has 3 aromatic rings. The maximum atomic E-state index is 13.6. The Bertz CT molecular complexity index is 1120. The summed E-state index contributed by atoms with van der Waals surface area (Å²) in [5, 5.41) is 12.9. The molecule has 2 atom stereocenters. The Hall–Kier alpha value is -3.84. The lowest BCUT2D eigenvalue weighted by atomic mass is 9.96. The first kappa shape index (κ1) is 23.3. The highest BCUT2D eigenvalue weighted by Gasteiger charge is 2.31. The van der Waals surface area contributed by atoms with Gasteiger partial charge in [0.05, 0.1) is 25.3 Å². The summed E-state index contributed by atoms with van der Waals surface area (Å²) in [5.41, 5.74) is 2.41. The zero-order chi connectivity index (χ0) is 23.9. The van der Waals surface area contributed by atoms with E-state index in [1.165, 1.54) is 0 Å². The van der Waals surface area contributed by atoms with Crippen LogP contribution in [-0.4, -0.2) is 43.3 Å². The lowest BCUT2D eigenvalue weighted by Gasteiger charge is -2.25. The molecular weight excluding hydrogens is 432 g/mol. The number of hydrogen-bond acceptors (Lipinski definition) is 5. The second-order valence-electron chi connectivity index (χ2n) is 8.15. The molecule has 0 spiro atoms. The standard InChI is InChI=1S/C27H28N2O5/c1-33-21-13-11-19(12-14-21)17-29-24-9-5-6-10-25(24)34-18-23(26(29)30)28-16-15-22(27(31)32)20-7-3-2-4-8-20/h2-14,22-23,28H,15-18H2,1H3,(H,31,32)/t22-,23-/m0/s1. The summed E-state index contributed by atoms with van der Waals surface area (Å²) >= 11 is 0. The SMILES string of the molecule is COc1ccc(CN2C(=O)[C@@H](NCC[C@H](C(=O)O)c3ccccc3)COc3ccccc32)cc1. The molecule has 0 fully saturated rings. The van der Waals surface area contributed by atoms with Crippen LogP contribution in [0.15, 0.2) is 78.9 Å². The lowest BCUT2D eigenvalue weighted by Crippen LogP contribution is -2.48. The number of carboxylic acid groups (broad SMARTS) is 1. The van der Waals surface area contributed by atoms with Crippen LogP contribution >= 0.6 is 0 Å². The van der Waals surface area contributed by atoms with Crippen molar-refractivity contribution in [3.8, 4) is 11.5 Å². The average molecular weight is 461 g/mol. The van der Waals surface area contributed by atoms with Crippen LogP contribution in [0.3, 0.4) is 0 Å². The number of amides is 1. The molecule has 34 heavy (non-hydrogen) atoms. The molecule has 1 heterocycles. The number of nitrogens with zero attached hydrogens (tertiary/aromatic N) is 1. The van der Waals surface area contributed by atoms with E-state index >= 15 is 0 Å². The number of nitrogens with one attached hydrogen (secondary N) is 1. The van der Waals surface area contributed by atoms with Gasteiger partial charge in [-0.1, -0.05) is 54.6 Å². The van der Waals surface area contributed by atoms with E-state index in [2.05, 4.69) is 5.32 Å². The molecule has 0 bridgehead atoms. The van der Waals surface area contributed by atoms with Gasteiger partial charge in [0.2, 0.25) is 5.91 Å². The Morgan fingerprint density at radius 2 is 1.79 bits per heavy atom. The quantitative estimate of drug-likeness (QED) is 0.505. The summed E-state index contributed by atoms with van der Waals surface area (Å²) < 4.78 is 11.2. The van der Waals surface area contributed by atoms with E-state index in [9.17, 15) is 14.7 Å². The predicted molar refractivity (Wildman–Crippen MR) is 129 cm³/mol. The molecule has 176 valence electrons. The van der Waals surface area contributed by atoms with Gasteiger partial charge in [-0.2, -0.15) is 0 Å². The predicted octanol–water partition coefficient (Wildman–Crippen LogP) is 3.84. The van der Waals surface area contributed by atoms with Crippen LogP contribution in [0.4, 0.5) is 5.69 Å². The first-order valence-corrected chi connectivity index (χ1v) is 11.2. The Morgan fingerprint density at radius 3 is 2.50 bits per heavy atom. The Balaban J connectivity index is 1.49. The molecule has 0 unspecified atom stereocenters. The Morgan fingerprint density at radius 1 is 1.09 bits per heavy atom. The summed E-state index contributed by atoms with van der Waals surface area (Å²) in [7, 11) is 1.61. The molecule has 3 aromatic carbocycles. The largest absolute Gasteiger partial charge is 0.497 e. The van der Waals surface area contributed by atoms with Crippen molar-refractivity contribution in [3.05, 3.63) is 90.0 Å². The fourth-order valence-electron chi connectivity index (χ4n) is 4.10. The van der Waals surface area contributed by atoms with Gasteiger partial charge in [0.1, 0.15) is 24.1 Å². The molecule has 0 aromatic heterocycles. The first-order chi connectivity index (χ1) is 16.6. The van der Waals surface area contributed by atoms with Gasteiger partial charge in [0.15, 0.2) is 0 Å². The number of fused-ring (bicyclic) bond motifs is 1. The highest BCUT2D eigenvalue weighted by atomic mass is 16.5. The van der Waals surface area contributed by atoms with Gasteiger partial charge >= 0.3 is 5.97 Å². The minimum absolute atomic E-state index is 0.118. The van der Waals surface area contributed by atoms with Gasteiger partial charge < -0.3 is 24.8 Å². The number of rotatable bonds is 9. The highest BCUT2D eigenvalue weighted by molar-refractivity contribution is 5.99. The molecule has 2 N–H and O–H groups in total. The van der Waals surface area contributed by atoms with E-state index in [0.717, 1.165) is 16.9 Å². The van der Waals surface area contributed by atoms with Crippen molar-refractivity contribution >= 4 is 17.6 Å². The number of para-hydroxylation sites is 2. The fraction of sp³-hybridized carbons (Fsp3) is 0.259. The van der Waals surface area contributed by atoms with E-state index in [4.69, 9.17) is 9.47 Å². The minimum Gasteiger partial charge on any atom is -0.497 e. The van der Waals surface area contributed by atoms with E-state index in [-0.39, 0.29) is 12.5 Å². The lowest BCUT2D eigenvalue weighted by molar-refractivity contribution is -0.138. The maximum absolute atomic E-state index is 13.6. The Labute approximate surface area is 198 Å². The van der Waals surface area contributed by atoms with Crippen LogP contribution in [0.2, 0.25) is 0 Å². The van der Waals surface area contributed by atoms with E-state index in [1.54, 1.807) is 12.0 Å². The van der Waals surface area contributed by atoms with Gasteiger partial charge in [-0.25, -0.2) is 0 Å². The molecule has 0 aliphatic carbocycles. The van der Waals surface area contributed by atoms with Crippen LogP contribution in [0.1, 0.15) is 23.5 Å². The van der Waals surface area contributed by atoms with Crippen molar-refractivity contribution in [1.29, 1.82) is 0 Å². The molecule has 0 radical (unpaired) electrons. The second kappa shape index (κ2) is 10.9. The van der Waals surface area contributed by atoms with Crippen LogP contribution in [0.5, 0.6) is 11.5 Å². The van der Waals surface area contributed by atoms with Gasteiger partial charge in [0, 0.05) is 0 Å². The van der Waals surface area contributed by atoms with Gasteiger partial charge in [-0.05, 0) is 48.4 Å². The molecule has 1 aliphatic heterocycles. The van der Waals surface area contributed by atoms with Crippen LogP contribution < -0.4 is 19.7 Å². The molecule has 1 aliphatic rings. The number of carboxylic acids is 1. The third-order valence-electron chi connectivity index (χ3n) is 5.95. The number of anilines is 1. The zero-order valence-corrected chi connectivity index (χ0v) is 19.0. The highest BCUT2D eigenvalue weighted by Crippen LogP contribution is 2.32. The summed E-state index contributed by atoms with van der Waals surface area (Å²) in [5.74, 6) is -0.262. The third-order valence-corrected chi connectivity index (χ3v) is 5.95. The number of methoxy groups -OCH3 is 1. The summed E-state index contributed by atoms with van der Waals surface area (Å²) in [6, 6.07) is 23.6. The normalized spacial score (nSPS) is 16.2. The van der Waals surface area contributed by atoms with Crippen molar-refractivity contribution in [1.82, 2.24) is 5.32 Å². The Kier molecular flexibility index (Phi) is 7.44. The number of carbonyl (C=O) groups excluding carboxylic acids is 1. The summed E-state index contributed by atoms with van der Waals surface area (Å²) in [6.07, 6.45) is 0.356. The first-order valence-electron chi connectivity index (χ1n) is 11.2. The third kappa shape index (κ3) is 5.38. The molecule has 7 nitrogen and oxygen atoms in total. The summed E-state index contributed by atoms with van der Waals surface area (Å²) in [6.45, 7) is 0.902. The van der Waals surface area contributed by atoms with Crippen LogP contribution in [0, 0.1) is 0 Å². The topological polar surface area (TPSA) is 88.1 Å². The van der Waals surface area contributed by atoms with Gasteiger partial charge in [-0.3, -0.25) is 9.59 Å².